The van der Waals surface area contributed by atoms with Gasteiger partial charge in [0.2, 0.25) is 23.6 Å². The molecule has 10 aromatic rings. The number of aromatic nitrogens is 22. The number of nitrogens with zero attached hydrogens (tertiary/aromatic N) is 22. The molecule has 10 rings (SSSR count). The molecular weight excluding hydrogens is 1000 g/mol. The van der Waals surface area contributed by atoms with Crippen molar-refractivity contribution in [2.45, 2.75) is 139 Å². The van der Waals surface area contributed by atoms with E-state index in [0.29, 0.717) is 35.2 Å². The van der Waals surface area contributed by atoms with E-state index in [2.05, 4.69) is 114 Å². The Morgan fingerprint density at radius 3 is 0.986 bits per heavy atom. The minimum atomic E-state index is 0. The van der Waals surface area contributed by atoms with Gasteiger partial charge in [-0.1, -0.05) is 17.7 Å². The van der Waals surface area contributed by atoms with Crippen LogP contribution in [0.1, 0.15) is 114 Å². The average molecular weight is 1080 g/mol. The second-order valence-electron chi connectivity index (χ2n) is 14.8. The zero-order valence-corrected chi connectivity index (χ0v) is 47.7. The van der Waals surface area contributed by atoms with E-state index in [1.54, 1.807) is 102 Å². The van der Waals surface area contributed by atoms with Crippen LogP contribution in [0, 0.1) is 132 Å². The van der Waals surface area contributed by atoms with Crippen molar-refractivity contribution in [3.8, 4) is 0 Å². The minimum absolute atomic E-state index is 0. The number of tetrazole rings is 1. The molecule has 400 valence electrons. The van der Waals surface area contributed by atoms with E-state index < -0.39 is 0 Å². The third kappa shape index (κ3) is 33.9. The highest BCUT2D eigenvalue weighted by Gasteiger charge is 1.94. The Morgan fingerprint density at radius 1 is 0.419 bits per heavy atom. The van der Waals surface area contributed by atoms with Gasteiger partial charge in [0.1, 0.15) is 37.5 Å². The molecule has 0 bridgehead atoms. The van der Waals surface area contributed by atoms with E-state index >= 15 is 0 Å². The van der Waals surface area contributed by atoms with Gasteiger partial charge in [-0.25, -0.2) is 14.6 Å². The molecule has 0 saturated carbocycles. The van der Waals surface area contributed by atoms with Gasteiger partial charge in [0.15, 0.2) is 11.6 Å². The Morgan fingerprint density at radius 2 is 0.838 bits per heavy atom. The summed E-state index contributed by atoms with van der Waals surface area (Å²) in [7, 11) is 1.80. The van der Waals surface area contributed by atoms with Crippen LogP contribution >= 0.6 is 34.4 Å². The predicted octanol–water partition coefficient (Wildman–Crippen LogP) is 8.96. The molecule has 10 heterocycles. The molecule has 0 N–H and O–H groups in total. The molecule has 0 amide bonds. The lowest BCUT2D eigenvalue weighted by molar-refractivity contribution is 0.389. The Balaban J connectivity index is 0.000000799. The van der Waals surface area contributed by atoms with Gasteiger partial charge < -0.3 is 13.5 Å². The van der Waals surface area contributed by atoms with Gasteiger partial charge in [0.05, 0.1) is 34.2 Å². The Kier molecular flexibility index (Phi) is 33.4. The number of hydrogen-bond acceptors (Lipinski definition) is 27. The Bertz CT molecular complexity index is 2500. The van der Waals surface area contributed by atoms with Crippen LogP contribution in [-0.2, 0) is 7.05 Å². The molecule has 0 unspecified atom stereocenters. The molecule has 0 aliphatic rings. The van der Waals surface area contributed by atoms with E-state index in [9.17, 15) is 0 Å². The van der Waals surface area contributed by atoms with Crippen molar-refractivity contribution in [1.29, 1.82) is 0 Å². The Hall–Kier alpha value is -7.59. The quantitative estimate of drug-likeness (QED) is 0.137. The first-order valence-electron chi connectivity index (χ1n) is 22.0. The summed E-state index contributed by atoms with van der Waals surface area (Å²) >= 11 is 4.51. The van der Waals surface area contributed by atoms with Crippen LogP contribution in [0.4, 0.5) is 0 Å². The highest BCUT2D eigenvalue weighted by molar-refractivity contribution is 7.11. The lowest BCUT2D eigenvalue weighted by Crippen LogP contribution is -1.92. The van der Waals surface area contributed by atoms with Gasteiger partial charge in [-0.05, 0) is 137 Å². The highest BCUT2D eigenvalue weighted by atomic mass is 32.1. The number of aryl methyl sites for hydroxylation is 20. The zero-order valence-electron chi connectivity index (χ0n) is 45.3. The molecule has 0 spiro atoms. The standard InChI is InChI=1S/3C6H8N2.3C4H6N2O.3C4H6N2S.C3H6N4.CH4/c1-5-3-8-6(2)4-7-5;1-5-3-7-4-6(2)8-5;1-5-6(2)8-4-3-7-5;1-3-5-6-4(2)7-3;2*1-3-5-4(2)7-6-3;1-3-5-6-4(2)7-3;2*1-3-5-4(2)7-6-3;1-3-4-5-6-7(3)2;/h3*3-4H,1-2H3;7*1-2H3;1H4. The largest absolute Gasteiger partial charge is 0.426 e. The molecule has 10 aromatic heterocycles. The first-order valence-corrected chi connectivity index (χ1v) is 24.3. The van der Waals surface area contributed by atoms with Gasteiger partial charge >= 0.3 is 0 Å². The summed E-state index contributed by atoms with van der Waals surface area (Å²) in [6, 6.07) is 0. The first-order chi connectivity index (χ1) is 34.4. The van der Waals surface area contributed by atoms with Crippen LogP contribution < -0.4 is 0 Å². The Labute approximate surface area is 445 Å². The van der Waals surface area contributed by atoms with Crippen molar-refractivity contribution >= 4 is 34.4 Å². The van der Waals surface area contributed by atoms with Crippen molar-refractivity contribution in [1.82, 2.24) is 110 Å². The van der Waals surface area contributed by atoms with Crippen LogP contribution in [0.25, 0.3) is 0 Å². The molecule has 0 fully saturated rings. The van der Waals surface area contributed by atoms with Crippen LogP contribution in [0.15, 0.2) is 50.6 Å². The fraction of sp³-hybridized carbons (Fsp3) is 0.457. The second kappa shape index (κ2) is 37.2. The van der Waals surface area contributed by atoms with Crippen LogP contribution in [0.5, 0.6) is 0 Å². The molecule has 0 saturated heterocycles. The number of hydrogen-bond donors (Lipinski definition) is 0. The summed E-state index contributed by atoms with van der Waals surface area (Å²) in [5.41, 5.74) is 5.90. The van der Waals surface area contributed by atoms with Crippen molar-refractivity contribution in [2.75, 3.05) is 0 Å². The van der Waals surface area contributed by atoms with Crippen LogP contribution in [0.3, 0.4) is 0 Å². The molecule has 0 radical (unpaired) electrons. The lowest BCUT2D eigenvalue weighted by Gasteiger charge is -1.91. The minimum Gasteiger partial charge on any atom is -0.426 e. The van der Waals surface area contributed by atoms with E-state index in [-0.39, 0.29) is 7.43 Å². The maximum atomic E-state index is 4.86. The summed E-state index contributed by atoms with van der Waals surface area (Å²) in [6.07, 6.45) is 10.4. The molecule has 0 atom stereocenters. The van der Waals surface area contributed by atoms with E-state index in [1.807, 2.05) is 90.0 Å². The normalized spacial score (nSPS) is 9.24. The summed E-state index contributed by atoms with van der Waals surface area (Å²) in [5, 5.41) is 36.6. The zero-order chi connectivity index (χ0) is 54.9. The van der Waals surface area contributed by atoms with E-state index in [0.717, 1.165) is 71.7 Å². The van der Waals surface area contributed by atoms with Gasteiger partial charge in [0.25, 0.3) is 0 Å². The van der Waals surface area contributed by atoms with Gasteiger partial charge in [-0.15, -0.1) is 36.8 Å². The maximum Gasteiger partial charge on any atom is 0.223 e. The number of rotatable bonds is 0. The van der Waals surface area contributed by atoms with Crippen molar-refractivity contribution in [2.24, 2.45) is 7.05 Å². The third-order valence-electron chi connectivity index (χ3n) is 7.51. The highest BCUT2D eigenvalue weighted by Crippen LogP contribution is 2.04. The smallest absolute Gasteiger partial charge is 0.223 e. The topological polar surface area (TPSA) is 315 Å². The molecule has 0 aliphatic carbocycles. The maximum absolute atomic E-state index is 4.86. The average Bonchev–Trinajstić information content (AvgIpc) is 4.24. The van der Waals surface area contributed by atoms with Crippen molar-refractivity contribution < 1.29 is 13.5 Å². The van der Waals surface area contributed by atoms with Gasteiger partial charge in [-0.2, -0.15) is 18.7 Å². The monoisotopic (exact) mass is 1070 g/mol. The summed E-state index contributed by atoms with van der Waals surface area (Å²) in [6.45, 7) is 35.7. The van der Waals surface area contributed by atoms with Crippen LogP contribution in [-0.4, -0.2) is 110 Å². The molecule has 25 nitrogen and oxygen atoms in total. The third-order valence-corrected chi connectivity index (χ3v) is 9.69. The summed E-state index contributed by atoms with van der Waals surface area (Å²) in [4.78, 5) is 39.8. The molecule has 28 heteroatoms. The predicted molar refractivity (Wildman–Crippen MR) is 284 cm³/mol. The van der Waals surface area contributed by atoms with Gasteiger partial charge in [0, 0.05) is 71.9 Å². The lowest BCUT2D eigenvalue weighted by atomic mass is 10.4. The SMILES string of the molecule is C.Cc1cnc(C)cn1.Cc1cncc(C)n1.Cc1nccnc1C.Cc1nnc(C)o1.Cc1nnc(C)s1.Cc1nnnn1C.Cc1noc(C)n1.Cc1noc(C)n1.Cc1nsc(C)n1.Cc1nsc(C)n1. The first kappa shape index (κ1) is 66.4. The van der Waals surface area contributed by atoms with E-state index in [1.165, 1.54) is 23.1 Å². The van der Waals surface area contributed by atoms with E-state index in [4.69, 9.17) is 4.42 Å². The van der Waals surface area contributed by atoms with Crippen molar-refractivity contribution in [3.63, 3.8) is 0 Å². The molecule has 0 aliphatic heterocycles. The molecule has 74 heavy (non-hydrogen) atoms. The summed E-state index contributed by atoms with van der Waals surface area (Å²) < 4.78 is 23.6. The fourth-order valence-electron chi connectivity index (χ4n) is 4.19. The molecular formula is C46H70N22O3S3. The fourth-order valence-corrected chi connectivity index (χ4v) is 5.74. The van der Waals surface area contributed by atoms with Crippen molar-refractivity contribution in [3.05, 3.63) is 144 Å². The second-order valence-corrected chi connectivity index (χ2v) is 18.1. The summed E-state index contributed by atoms with van der Waals surface area (Å²) in [5.74, 6) is 6.46. The van der Waals surface area contributed by atoms with Gasteiger partial charge in [-0.3, -0.25) is 29.9 Å². The molecule has 0 aromatic carbocycles. The van der Waals surface area contributed by atoms with Crippen LogP contribution in [0.2, 0.25) is 0 Å².